The number of anilines is 1. The molecule has 0 unspecified atom stereocenters. The summed E-state index contributed by atoms with van der Waals surface area (Å²) in [6.07, 6.45) is -0.379. The fraction of sp³-hybridized carbons (Fsp3) is 0.571. The van der Waals surface area contributed by atoms with E-state index in [0.29, 0.717) is 9.50 Å². The topological polar surface area (TPSA) is 81.6 Å². The fourth-order valence-corrected chi connectivity index (χ4v) is 1.99. The molecule has 1 rings (SSSR count). The number of carbonyl (C=O) groups excluding carboxylic acids is 2. The van der Waals surface area contributed by atoms with Crippen molar-refractivity contribution in [3.05, 3.63) is 15.4 Å². The summed E-state index contributed by atoms with van der Waals surface area (Å²) in [7, 11) is 0. The van der Waals surface area contributed by atoms with Gasteiger partial charge in [0, 0.05) is 0 Å². The highest BCUT2D eigenvalue weighted by Crippen LogP contribution is 2.27. The van der Waals surface area contributed by atoms with Gasteiger partial charge in [0.05, 0.1) is 6.20 Å². The Morgan fingerprint density at radius 1 is 1.00 bits per heavy atom. The molecular weight excluding hydrogens is 434 g/mol. The first-order valence-electron chi connectivity index (χ1n) is 6.74. The molecule has 0 aliphatic rings. The van der Waals surface area contributed by atoms with Gasteiger partial charge >= 0.3 is 12.2 Å². The summed E-state index contributed by atoms with van der Waals surface area (Å²) in [4.78, 5) is 33.7. The average molecular weight is 453 g/mol. The monoisotopic (exact) mass is 451 g/mol. The number of aromatic nitrogens is 2. The molecule has 0 saturated carbocycles. The van der Waals surface area contributed by atoms with Crippen LogP contribution in [0.1, 0.15) is 41.5 Å². The summed E-state index contributed by atoms with van der Waals surface area (Å²) in [6, 6.07) is 0. The van der Waals surface area contributed by atoms with Gasteiger partial charge in [-0.25, -0.2) is 19.6 Å². The first-order chi connectivity index (χ1) is 10.3. The molecule has 23 heavy (non-hydrogen) atoms. The van der Waals surface area contributed by atoms with E-state index in [-0.39, 0.29) is 10.4 Å². The van der Waals surface area contributed by atoms with E-state index in [9.17, 15) is 9.59 Å². The number of hydrogen-bond donors (Lipinski definition) is 0. The number of imide groups is 1. The lowest BCUT2D eigenvalue weighted by atomic mass is 10.2. The molecule has 0 radical (unpaired) electrons. The highest BCUT2D eigenvalue weighted by atomic mass is 79.9. The molecule has 1 aromatic heterocycles. The van der Waals surface area contributed by atoms with Crippen LogP contribution in [-0.2, 0) is 9.47 Å². The van der Waals surface area contributed by atoms with Crippen molar-refractivity contribution in [1.82, 2.24) is 9.97 Å². The van der Waals surface area contributed by atoms with Crippen LogP contribution in [0.15, 0.2) is 15.4 Å². The number of carbonyl (C=O) groups is 2. The van der Waals surface area contributed by atoms with Gasteiger partial charge in [0.1, 0.15) is 20.4 Å². The lowest BCUT2D eigenvalue weighted by molar-refractivity contribution is 0.0428. The van der Waals surface area contributed by atoms with Gasteiger partial charge in [-0.1, -0.05) is 0 Å². The van der Waals surface area contributed by atoms with Crippen molar-refractivity contribution in [3.8, 4) is 0 Å². The largest absolute Gasteiger partial charge is 0.443 e. The summed E-state index contributed by atoms with van der Waals surface area (Å²) >= 11 is 6.34. The minimum absolute atomic E-state index is 0.0251. The van der Waals surface area contributed by atoms with E-state index in [1.165, 1.54) is 6.20 Å². The molecule has 0 aromatic carbocycles. The zero-order valence-electron chi connectivity index (χ0n) is 13.8. The molecule has 0 atom stereocenters. The Bertz CT molecular complexity index is 581. The number of halogens is 2. The summed E-state index contributed by atoms with van der Waals surface area (Å²) in [5.41, 5.74) is -1.58. The van der Waals surface area contributed by atoms with Crippen LogP contribution in [0.5, 0.6) is 0 Å². The van der Waals surface area contributed by atoms with Gasteiger partial charge in [0.2, 0.25) is 0 Å². The number of hydrogen-bond acceptors (Lipinski definition) is 6. The Kier molecular flexibility index (Phi) is 6.14. The molecule has 0 bridgehead atoms. The molecule has 128 valence electrons. The van der Waals surface area contributed by atoms with Crippen molar-refractivity contribution in [3.63, 3.8) is 0 Å². The van der Waals surface area contributed by atoms with Crippen molar-refractivity contribution < 1.29 is 19.1 Å². The molecule has 0 aliphatic carbocycles. The third-order valence-corrected chi connectivity index (χ3v) is 2.99. The second-order valence-corrected chi connectivity index (χ2v) is 8.17. The Balaban J connectivity index is 3.28. The normalized spacial score (nSPS) is 11.8. The first kappa shape index (κ1) is 19.8. The molecule has 9 heteroatoms. The van der Waals surface area contributed by atoms with E-state index in [0.717, 1.165) is 0 Å². The van der Waals surface area contributed by atoms with Gasteiger partial charge in [-0.3, -0.25) is 0 Å². The van der Waals surface area contributed by atoms with Crippen LogP contribution in [0.2, 0.25) is 0 Å². The predicted molar refractivity (Wildman–Crippen MR) is 92.4 cm³/mol. The Morgan fingerprint density at radius 2 is 1.43 bits per heavy atom. The second-order valence-electron chi connectivity index (χ2n) is 6.60. The van der Waals surface area contributed by atoms with E-state index in [4.69, 9.17) is 9.47 Å². The van der Waals surface area contributed by atoms with E-state index < -0.39 is 23.4 Å². The van der Waals surface area contributed by atoms with Crippen LogP contribution < -0.4 is 4.90 Å². The molecule has 0 N–H and O–H groups in total. The van der Waals surface area contributed by atoms with Gasteiger partial charge in [-0.15, -0.1) is 0 Å². The Hall–Kier alpha value is -1.22. The van der Waals surface area contributed by atoms with Gasteiger partial charge in [0.25, 0.3) is 0 Å². The third-order valence-electron chi connectivity index (χ3n) is 2.05. The van der Waals surface area contributed by atoms with Crippen molar-refractivity contribution >= 4 is 49.9 Å². The lowest BCUT2D eigenvalue weighted by Gasteiger charge is -2.28. The van der Waals surface area contributed by atoms with Crippen LogP contribution in [0.25, 0.3) is 0 Å². The SMILES string of the molecule is CC(C)(C)OC(=O)N(C(=O)OC(C)(C)C)c1nc(Br)cnc1Br. The molecule has 7 nitrogen and oxygen atoms in total. The van der Waals surface area contributed by atoms with E-state index in [2.05, 4.69) is 41.8 Å². The zero-order valence-corrected chi connectivity index (χ0v) is 17.0. The van der Waals surface area contributed by atoms with Gasteiger partial charge < -0.3 is 9.47 Å². The number of rotatable bonds is 1. The van der Waals surface area contributed by atoms with Gasteiger partial charge in [-0.05, 0) is 73.4 Å². The molecule has 1 heterocycles. The molecule has 0 saturated heterocycles. The third kappa shape index (κ3) is 6.42. The maximum absolute atomic E-state index is 12.4. The number of nitrogens with zero attached hydrogens (tertiary/aromatic N) is 3. The first-order valence-corrected chi connectivity index (χ1v) is 8.33. The van der Waals surface area contributed by atoms with Crippen molar-refractivity contribution in [2.75, 3.05) is 4.90 Å². The molecule has 2 amide bonds. The minimum Gasteiger partial charge on any atom is -0.443 e. The van der Waals surface area contributed by atoms with Crippen molar-refractivity contribution in [2.24, 2.45) is 0 Å². The molecule has 0 spiro atoms. The minimum atomic E-state index is -0.903. The molecule has 1 aromatic rings. The Labute approximate surface area is 152 Å². The molecule has 0 aliphatic heterocycles. The number of amides is 2. The maximum Gasteiger partial charge on any atom is 0.425 e. The van der Waals surface area contributed by atoms with Crippen molar-refractivity contribution in [1.29, 1.82) is 0 Å². The van der Waals surface area contributed by atoms with Crippen LogP contribution in [0, 0.1) is 0 Å². The van der Waals surface area contributed by atoms with Crippen molar-refractivity contribution in [2.45, 2.75) is 52.7 Å². The van der Waals surface area contributed by atoms with Crippen LogP contribution in [0.4, 0.5) is 15.4 Å². The average Bonchev–Trinajstić information content (AvgIpc) is 2.29. The summed E-state index contributed by atoms with van der Waals surface area (Å²) in [6.45, 7) is 10.2. The zero-order chi connectivity index (χ0) is 18.0. The second kappa shape index (κ2) is 7.12. The lowest BCUT2D eigenvalue weighted by Crippen LogP contribution is -2.44. The number of ether oxygens (including phenoxy) is 2. The highest BCUT2D eigenvalue weighted by molar-refractivity contribution is 9.11. The van der Waals surface area contributed by atoms with Crippen LogP contribution in [0.3, 0.4) is 0 Å². The summed E-state index contributed by atoms with van der Waals surface area (Å²) in [5.74, 6) is -0.0251. The summed E-state index contributed by atoms with van der Waals surface area (Å²) < 4.78 is 11.1. The highest BCUT2D eigenvalue weighted by Gasteiger charge is 2.35. The van der Waals surface area contributed by atoms with Gasteiger partial charge in [-0.2, -0.15) is 4.90 Å². The molecule has 0 fully saturated rings. The molecular formula is C14H19Br2N3O4. The quantitative estimate of drug-likeness (QED) is 0.615. The predicted octanol–water partition coefficient (Wildman–Crippen LogP) is 4.68. The van der Waals surface area contributed by atoms with Gasteiger partial charge in [0.15, 0.2) is 5.82 Å². The smallest absolute Gasteiger partial charge is 0.425 e. The Morgan fingerprint density at radius 3 is 1.83 bits per heavy atom. The maximum atomic E-state index is 12.4. The van der Waals surface area contributed by atoms with E-state index in [1.807, 2.05) is 0 Å². The van der Waals surface area contributed by atoms with Crippen LogP contribution >= 0.6 is 31.9 Å². The van der Waals surface area contributed by atoms with E-state index >= 15 is 0 Å². The van der Waals surface area contributed by atoms with E-state index in [1.54, 1.807) is 41.5 Å². The summed E-state index contributed by atoms with van der Waals surface area (Å²) in [5, 5.41) is 0. The standard InChI is InChI=1S/C14H19Br2N3O4/c1-13(2,3)22-11(20)19(12(21)23-14(4,5)6)10-9(16)17-7-8(15)18-10/h7H,1-6H3. The fourth-order valence-electron chi connectivity index (χ4n) is 1.35. The van der Waals surface area contributed by atoms with Crippen LogP contribution in [-0.4, -0.2) is 33.4 Å².